The minimum atomic E-state index is -0.271. The highest BCUT2D eigenvalue weighted by atomic mass is 16.5. The topological polar surface area (TPSA) is 56.8 Å². The Morgan fingerprint density at radius 2 is 2.33 bits per heavy atom. The van der Waals surface area contributed by atoms with Crippen LogP contribution in [0.25, 0.3) is 0 Å². The van der Waals surface area contributed by atoms with Crippen molar-refractivity contribution in [3.05, 3.63) is 0 Å². The largest absolute Gasteiger partial charge is 0.468 e. The SMILES string of the molecule is CCNC(CCOCC1CCCCO1)C(=O)OC. The summed E-state index contributed by atoms with van der Waals surface area (Å²) in [5.74, 6) is -0.227. The molecular formula is C13H25NO4. The number of hydrogen-bond donors (Lipinski definition) is 1. The standard InChI is InChI=1S/C13H25NO4/c1-3-14-12(13(15)16-2)7-9-17-10-11-6-4-5-8-18-11/h11-12,14H,3-10H2,1-2H3. The number of rotatable bonds is 8. The van der Waals surface area contributed by atoms with E-state index in [9.17, 15) is 4.79 Å². The molecule has 1 aliphatic rings. The van der Waals surface area contributed by atoms with Crippen LogP contribution in [0.1, 0.15) is 32.6 Å². The molecule has 0 radical (unpaired) electrons. The molecular weight excluding hydrogens is 234 g/mol. The number of carbonyl (C=O) groups is 1. The molecule has 1 N–H and O–H groups in total. The van der Waals surface area contributed by atoms with Crippen molar-refractivity contribution in [3.63, 3.8) is 0 Å². The minimum Gasteiger partial charge on any atom is -0.468 e. The van der Waals surface area contributed by atoms with Crippen LogP contribution in [0.5, 0.6) is 0 Å². The fourth-order valence-corrected chi connectivity index (χ4v) is 2.05. The third kappa shape index (κ3) is 5.80. The van der Waals surface area contributed by atoms with Crippen LogP contribution in [0, 0.1) is 0 Å². The molecule has 0 aromatic carbocycles. The van der Waals surface area contributed by atoms with Gasteiger partial charge >= 0.3 is 5.97 Å². The van der Waals surface area contributed by atoms with Gasteiger partial charge in [0.25, 0.3) is 0 Å². The quantitative estimate of drug-likeness (QED) is 0.523. The molecule has 1 fully saturated rings. The maximum absolute atomic E-state index is 11.4. The van der Waals surface area contributed by atoms with Crippen molar-refractivity contribution in [1.29, 1.82) is 0 Å². The molecule has 1 saturated heterocycles. The highest BCUT2D eigenvalue weighted by molar-refractivity contribution is 5.75. The Hall–Kier alpha value is -0.650. The molecule has 0 bridgehead atoms. The number of esters is 1. The van der Waals surface area contributed by atoms with Crippen LogP contribution in [0.3, 0.4) is 0 Å². The van der Waals surface area contributed by atoms with Gasteiger partial charge in [-0.1, -0.05) is 6.92 Å². The molecule has 5 heteroatoms. The third-order valence-electron chi connectivity index (χ3n) is 3.06. The van der Waals surface area contributed by atoms with Gasteiger partial charge in [0, 0.05) is 13.2 Å². The highest BCUT2D eigenvalue weighted by Crippen LogP contribution is 2.12. The van der Waals surface area contributed by atoms with Gasteiger partial charge < -0.3 is 19.5 Å². The van der Waals surface area contributed by atoms with Gasteiger partial charge in [-0.3, -0.25) is 4.79 Å². The van der Waals surface area contributed by atoms with E-state index in [4.69, 9.17) is 14.2 Å². The first kappa shape index (κ1) is 15.4. The summed E-state index contributed by atoms with van der Waals surface area (Å²) >= 11 is 0. The molecule has 0 aromatic rings. The molecule has 0 aromatic heterocycles. The van der Waals surface area contributed by atoms with E-state index < -0.39 is 0 Å². The van der Waals surface area contributed by atoms with Crippen molar-refractivity contribution < 1.29 is 19.0 Å². The normalized spacial score (nSPS) is 21.6. The fraction of sp³-hybridized carbons (Fsp3) is 0.923. The van der Waals surface area contributed by atoms with E-state index in [2.05, 4.69) is 5.32 Å². The molecule has 0 amide bonds. The van der Waals surface area contributed by atoms with E-state index in [0.717, 1.165) is 26.0 Å². The zero-order valence-electron chi connectivity index (χ0n) is 11.4. The maximum Gasteiger partial charge on any atom is 0.322 e. The van der Waals surface area contributed by atoms with Gasteiger partial charge in [0.1, 0.15) is 6.04 Å². The lowest BCUT2D eigenvalue weighted by molar-refractivity contribution is -0.143. The van der Waals surface area contributed by atoms with Crippen LogP contribution in [-0.4, -0.2) is 51.6 Å². The smallest absolute Gasteiger partial charge is 0.322 e. The molecule has 0 saturated carbocycles. The van der Waals surface area contributed by atoms with Gasteiger partial charge in [0.2, 0.25) is 0 Å². The predicted molar refractivity (Wildman–Crippen MR) is 68.5 cm³/mol. The molecule has 2 unspecified atom stereocenters. The van der Waals surface area contributed by atoms with Crippen LogP contribution in [0.4, 0.5) is 0 Å². The molecule has 18 heavy (non-hydrogen) atoms. The fourth-order valence-electron chi connectivity index (χ4n) is 2.05. The van der Waals surface area contributed by atoms with E-state index in [0.29, 0.717) is 19.6 Å². The van der Waals surface area contributed by atoms with Gasteiger partial charge in [-0.25, -0.2) is 0 Å². The Balaban J connectivity index is 2.11. The lowest BCUT2D eigenvalue weighted by atomic mass is 10.1. The number of hydrogen-bond acceptors (Lipinski definition) is 5. The zero-order valence-corrected chi connectivity index (χ0v) is 11.4. The van der Waals surface area contributed by atoms with Gasteiger partial charge in [0.05, 0.1) is 19.8 Å². The second-order valence-corrected chi connectivity index (χ2v) is 4.49. The Labute approximate surface area is 109 Å². The lowest BCUT2D eigenvalue weighted by Crippen LogP contribution is -2.38. The summed E-state index contributed by atoms with van der Waals surface area (Å²) in [7, 11) is 1.41. The Morgan fingerprint density at radius 1 is 1.50 bits per heavy atom. The van der Waals surface area contributed by atoms with Crippen LogP contribution in [-0.2, 0) is 19.0 Å². The van der Waals surface area contributed by atoms with Crippen LogP contribution in [0.15, 0.2) is 0 Å². The first-order chi connectivity index (χ1) is 8.77. The van der Waals surface area contributed by atoms with E-state index in [1.807, 2.05) is 6.92 Å². The summed E-state index contributed by atoms with van der Waals surface area (Å²) < 4.78 is 15.9. The monoisotopic (exact) mass is 259 g/mol. The van der Waals surface area contributed by atoms with E-state index in [-0.39, 0.29) is 18.1 Å². The van der Waals surface area contributed by atoms with Crippen molar-refractivity contribution in [2.75, 3.05) is 33.5 Å². The number of ether oxygens (including phenoxy) is 3. The predicted octanol–water partition coefficient (Wildman–Crippen LogP) is 1.11. The van der Waals surface area contributed by atoms with Crippen molar-refractivity contribution in [3.8, 4) is 0 Å². The second-order valence-electron chi connectivity index (χ2n) is 4.49. The number of methoxy groups -OCH3 is 1. The van der Waals surface area contributed by atoms with E-state index in [1.54, 1.807) is 0 Å². The molecule has 2 atom stereocenters. The van der Waals surface area contributed by atoms with Gasteiger partial charge in [0.15, 0.2) is 0 Å². The highest BCUT2D eigenvalue weighted by Gasteiger charge is 2.18. The van der Waals surface area contributed by atoms with E-state index >= 15 is 0 Å². The van der Waals surface area contributed by atoms with Crippen LogP contribution < -0.4 is 5.32 Å². The molecule has 5 nitrogen and oxygen atoms in total. The van der Waals surface area contributed by atoms with Crippen molar-refractivity contribution in [2.24, 2.45) is 0 Å². The first-order valence-corrected chi connectivity index (χ1v) is 6.78. The summed E-state index contributed by atoms with van der Waals surface area (Å²) in [5.41, 5.74) is 0. The first-order valence-electron chi connectivity index (χ1n) is 6.78. The summed E-state index contributed by atoms with van der Waals surface area (Å²) in [5, 5.41) is 3.09. The Kier molecular flexibility index (Phi) is 7.96. The minimum absolute atomic E-state index is 0.227. The number of carbonyl (C=O) groups excluding carboxylic acids is 1. The Morgan fingerprint density at radius 3 is 2.94 bits per heavy atom. The zero-order chi connectivity index (χ0) is 13.2. The maximum atomic E-state index is 11.4. The Bertz CT molecular complexity index is 229. The molecule has 106 valence electrons. The molecule has 1 aliphatic heterocycles. The average Bonchev–Trinajstić information content (AvgIpc) is 2.42. The third-order valence-corrected chi connectivity index (χ3v) is 3.06. The summed E-state index contributed by atoms with van der Waals surface area (Å²) in [4.78, 5) is 11.4. The molecule has 0 spiro atoms. The van der Waals surface area contributed by atoms with E-state index in [1.165, 1.54) is 13.5 Å². The summed E-state index contributed by atoms with van der Waals surface area (Å²) in [6, 6.07) is -0.271. The van der Waals surface area contributed by atoms with Gasteiger partial charge in [-0.2, -0.15) is 0 Å². The lowest BCUT2D eigenvalue weighted by Gasteiger charge is -2.22. The second kappa shape index (κ2) is 9.30. The van der Waals surface area contributed by atoms with Gasteiger partial charge in [-0.05, 0) is 32.2 Å². The van der Waals surface area contributed by atoms with Crippen molar-refractivity contribution >= 4 is 5.97 Å². The average molecular weight is 259 g/mol. The number of likely N-dealkylation sites (N-methyl/N-ethyl adjacent to an activating group) is 1. The van der Waals surface area contributed by atoms with Crippen molar-refractivity contribution in [2.45, 2.75) is 44.8 Å². The van der Waals surface area contributed by atoms with Crippen LogP contribution in [0.2, 0.25) is 0 Å². The van der Waals surface area contributed by atoms with Crippen LogP contribution >= 0.6 is 0 Å². The molecule has 0 aliphatic carbocycles. The van der Waals surface area contributed by atoms with Crippen molar-refractivity contribution in [1.82, 2.24) is 5.32 Å². The summed E-state index contributed by atoms with van der Waals surface area (Å²) in [6.07, 6.45) is 4.31. The number of nitrogens with one attached hydrogen (secondary N) is 1. The summed E-state index contributed by atoms with van der Waals surface area (Å²) in [6.45, 7) is 4.72. The molecule has 1 heterocycles. The van der Waals surface area contributed by atoms with Gasteiger partial charge in [-0.15, -0.1) is 0 Å². The molecule has 1 rings (SSSR count).